The molecule has 1 aliphatic heterocycles. The van der Waals surface area contributed by atoms with Crippen LogP contribution in [-0.4, -0.2) is 36.0 Å². The third-order valence-electron chi connectivity index (χ3n) is 1.17. The molecule has 0 radical (unpaired) electrons. The van der Waals surface area contributed by atoms with Crippen LogP contribution in [0.3, 0.4) is 0 Å². The lowest BCUT2D eigenvalue weighted by Gasteiger charge is -2.12. The first kappa shape index (κ1) is 6.57. The molecule has 0 bridgehead atoms. The number of rotatable bonds is 1. The van der Waals surface area contributed by atoms with Crippen LogP contribution < -0.4 is 5.32 Å². The normalized spacial score (nSPS) is 18.2. The number of aliphatic imine (C=N–C) groups is 1. The van der Waals surface area contributed by atoms with Crippen LogP contribution in [0.25, 0.3) is 0 Å². The van der Waals surface area contributed by atoms with Crippen molar-refractivity contribution in [2.24, 2.45) is 4.99 Å². The van der Waals surface area contributed by atoms with E-state index < -0.39 is 7.12 Å². The Labute approximate surface area is 53.8 Å². The topological polar surface area (TPSA) is 64.8 Å². The van der Waals surface area contributed by atoms with Crippen LogP contribution >= 0.6 is 0 Å². The lowest BCUT2D eigenvalue weighted by molar-refractivity contribution is 0.426. The Morgan fingerprint density at radius 3 is 2.67 bits per heavy atom. The van der Waals surface area contributed by atoms with Gasteiger partial charge in [0.05, 0.1) is 0 Å². The van der Waals surface area contributed by atoms with Crippen molar-refractivity contribution in [2.45, 2.75) is 6.42 Å². The van der Waals surface area contributed by atoms with Gasteiger partial charge in [0, 0.05) is 13.1 Å². The summed E-state index contributed by atoms with van der Waals surface area (Å²) in [5.41, 5.74) is 0.293. The van der Waals surface area contributed by atoms with E-state index in [9.17, 15) is 0 Å². The molecule has 5 heteroatoms. The predicted molar refractivity (Wildman–Crippen MR) is 35.1 cm³/mol. The lowest BCUT2D eigenvalue weighted by Crippen LogP contribution is -2.41. The minimum Gasteiger partial charge on any atom is -0.421 e. The highest BCUT2D eigenvalue weighted by Gasteiger charge is 2.17. The smallest absolute Gasteiger partial charge is 0.421 e. The average Bonchev–Trinajstić information content (AvgIpc) is 1.90. The van der Waals surface area contributed by atoms with E-state index in [0.29, 0.717) is 12.3 Å². The van der Waals surface area contributed by atoms with Crippen molar-refractivity contribution in [1.82, 2.24) is 5.32 Å². The van der Waals surface area contributed by atoms with Gasteiger partial charge in [0.15, 0.2) is 0 Å². The van der Waals surface area contributed by atoms with Crippen LogP contribution in [0.5, 0.6) is 0 Å². The van der Waals surface area contributed by atoms with Gasteiger partial charge in [-0.25, -0.2) is 0 Å². The largest absolute Gasteiger partial charge is 0.525 e. The molecular formula is C4H9BN2O2. The monoisotopic (exact) mass is 128 g/mol. The highest BCUT2D eigenvalue weighted by atomic mass is 16.4. The van der Waals surface area contributed by atoms with Gasteiger partial charge in [-0.15, -0.1) is 0 Å². The Hall–Kier alpha value is -0.545. The van der Waals surface area contributed by atoms with Crippen molar-refractivity contribution in [3.8, 4) is 0 Å². The van der Waals surface area contributed by atoms with Crippen LogP contribution in [-0.2, 0) is 0 Å². The molecule has 1 rings (SSSR count). The van der Waals surface area contributed by atoms with Gasteiger partial charge in [0.2, 0.25) is 0 Å². The Morgan fingerprint density at radius 1 is 1.56 bits per heavy atom. The van der Waals surface area contributed by atoms with Crippen molar-refractivity contribution in [3.05, 3.63) is 0 Å². The minimum atomic E-state index is -1.43. The first-order valence-corrected chi connectivity index (χ1v) is 2.95. The predicted octanol–water partition coefficient (Wildman–Crippen LogP) is -1.61. The quantitative estimate of drug-likeness (QED) is 0.372. The van der Waals surface area contributed by atoms with Gasteiger partial charge in [-0.05, 0) is 6.42 Å². The number of hydrogen-bond acceptors (Lipinski definition) is 4. The third kappa shape index (κ3) is 1.69. The van der Waals surface area contributed by atoms with Crippen molar-refractivity contribution >= 4 is 12.9 Å². The van der Waals surface area contributed by atoms with Crippen LogP contribution in [0.15, 0.2) is 4.99 Å². The van der Waals surface area contributed by atoms with E-state index in [0.717, 1.165) is 13.0 Å². The Kier molecular flexibility index (Phi) is 2.08. The summed E-state index contributed by atoms with van der Waals surface area (Å²) in [5, 5.41) is 19.8. The zero-order valence-electron chi connectivity index (χ0n) is 5.04. The summed E-state index contributed by atoms with van der Waals surface area (Å²) in [7, 11) is -1.43. The van der Waals surface area contributed by atoms with E-state index in [1.807, 2.05) is 0 Å². The summed E-state index contributed by atoms with van der Waals surface area (Å²) in [6.07, 6.45) is 0.968. The molecule has 50 valence electrons. The molecule has 0 unspecified atom stereocenters. The van der Waals surface area contributed by atoms with E-state index in [1.165, 1.54) is 0 Å². The van der Waals surface area contributed by atoms with Gasteiger partial charge >= 0.3 is 7.12 Å². The fourth-order valence-corrected chi connectivity index (χ4v) is 0.724. The summed E-state index contributed by atoms with van der Waals surface area (Å²) >= 11 is 0. The number of nitrogens with one attached hydrogen (secondary N) is 1. The highest BCUT2D eigenvalue weighted by molar-refractivity contribution is 6.79. The molecule has 0 aromatic heterocycles. The maximum Gasteiger partial charge on any atom is 0.525 e. The first-order valence-electron chi connectivity index (χ1n) is 2.95. The fourth-order valence-electron chi connectivity index (χ4n) is 0.724. The van der Waals surface area contributed by atoms with E-state index in [4.69, 9.17) is 10.0 Å². The van der Waals surface area contributed by atoms with E-state index >= 15 is 0 Å². The van der Waals surface area contributed by atoms with Crippen LogP contribution in [0, 0.1) is 0 Å². The Bertz CT molecular complexity index is 126. The van der Waals surface area contributed by atoms with E-state index in [1.54, 1.807) is 0 Å². The van der Waals surface area contributed by atoms with Crippen molar-refractivity contribution in [1.29, 1.82) is 0 Å². The molecule has 9 heavy (non-hydrogen) atoms. The summed E-state index contributed by atoms with van der Waals surface area (Å²) < 4.78 is 0. The minimum absolute atomic E-state index is 0.293. The van der Waals surface area contributed by atoms with Gasteiger partial charge in [-0.2, -0.15) is 0 Å². The van der Waals surface area contributed by atoms with E-state index in [2.05, 4.69) is 10.3 Å². The SMILES string of the molecule is OB(O)C1=NCCCN1. The average molecular weight is 128 g/mol. The number of amidine groups is 1. The number of hydrogen-bond donors (Lipinski definition) is 3. The zero-order chi connectivity index (χ0) is 6.69. The molecule has 0 aliphatic carbocycles. The molecule has 1 heterocycles. The second-order valence-corrected chi connectivity index (χ2v) is 1.92. The molecule has 3 N–H and O–H groups in total. The third-order valence-corrected chi connectivity index (χ3v) is 1.17. The number of nitrogens with zero attached hydrogens (tertiary/aromatic N) is 1. The molecule has 0 aromatic carbocycles. The van der Waals surface area contributed by atoms with E-state index in [-0.39, 0.29) is 0 Å². The van der Waals surface area contributed by atoms with Gasteiger partial charge in [-0.1, -0.05) is 0 Å². The maximum absolute atomic E-state index is 8.54. The molecule has 0 fully saturated rings. The zero-order valence-corrected chi connectivity index (χ0v) is 5.04. The molecule has 4 nitrogen and oxygen atoms in total. The summed E-state index contributed by atoms with van der Waals surface area (Å²) in [6.45, 7) is 1.48. The van der Waals surface area contributed by atoms with Gasteiger partial charge in [0.1, 0.15) is 5.73 Å². The second kappa shape index (κ2) is 2.84. The Morgan fingerprint density at radius 2 is 2.33 bits per heavy atom. The molecule has 0 atom stereocenters. The van der Waals surface area contributed by atoms with Crippen LogP contribution in [0.1, 0.15) is 6.42 Å². The first-order chi connectivity index (χ1) is 4.30. The summed E-state index contributed by atoms with van der Waals surface area (Å²) in [6, 6.07) is 0. The lowest BCUT2D eigenvalue weighted by atomic mass is 9.89. The molecule has 0 amide bonds. The summed E-state index contributed by atoms with van der Waals surface area (Å²) in [5.74, 6) is 0. The van der Waals surface area contributed by atoms with Crippen molar-refractivity contribution in [2.75, 3.05) is 13.1 Å². The standard InChI is InChI=1S/C4H9BN2O2/c8-5(9)4-6-2-1-3-7-4/h8-9H,1-3H2,(H,6,7). The van der Waals surface area contributed by atoms with Crippen molar-refractivity contribution in [3.63, 3.8) is 0 Å². The van der Waals surface area contributed by atoms with Gasteiger partial charge in [0.25, 0.3) is 0 Å². The van der Waals surface area contributed by atoms with Gasteiger partial charge in [-0.3, -0.25) is 4.99 Å². The molecule has 0 saturated heterocycles. The van der Waals surface area contributed by atoms with Gasteiger partial charge < -0.3 is 15.4 Å². The fraction of sp³-hybridized carbons (Fsp3) is 0.750. The van der Waals surface area contributed by atoms with Crippen LogP contribution in [0.4, 0.5) is 0 Å². The molecule has 0 saturated carbocycles. The second-order valence-electron chi connectivity index (χ2n) is 1.92. The van der Waals surface area contributed by atoms with Crippen LogP contribution in [0.2, 0.25) is 0 Å². The molecule has 0 spiro atoms. The molecule has 0 aromatic rings. The Balaban J connectivity index is 2.46. The highest BCUT2D eigenvalue weighted by Crippen LogP contribution is 1.89. The summed E-state index contributed by atoms with van der Waals surface area (Å²) in [4.78, 5) is 3.83. The molecular weight excluding hydrogens is 119 g/mol. The maximum atomic E-state index is 8.54. The molecule has 1 aliphatic rings. The van der Waals surface area contributed by atoms with Crippen molar-refractivity contribution < 1.29 is 10.0 Å².